The quantitative estimate of drug-likeness (QED) is 0.595. The lowest BCUT2D eigenvalue weighted by molar-refractivity contribution is 0.112. The lowest BCUT2D eigenvalue weighted by Gasteiger charge is -2.00. The molecule has 1 rings (SSSR count). The van der Waals surface area contributed by atoms with Crippen molar-refractivity contribution in [3.63, 3.8) is 0 Å². The monoisotopic (exact) mass is 172 g/mol. The van der Waals surface area contributed by atoms with Crippen molar-refractivity contribution >= 4 is 17.9 Å². The van der Waals surface area contributed by atoms with Crippen LogP contribution < -0.4 is 0 Å². The Hall–Kier alpha value is -0.890. The molecule has 0 spiro atoms. The second kappa shape index (κ2) is 3.01. The van der Waals surface area contributed by atoms with Gasteiger partial charge in [0.1, 0.15) is 12.1 Å². The van der Waals surface area contributed by atoms with Crippen molar-refractivity contribution in [1.82, 2.24) is 0 Å². The third-order valence-electron chi connectivity index (χ3n) is 1.51. The minimum atomic E-state index is -0.491. The molecule has 0 saturated heterocycles. The maximum absolute atomic E-state index is 12.6. The van der Waals surface area contributed by atoms with Gasteiger partial charge in [-0.1, -0.05) is 11.6 Å². The molecule has 0 bridgehead atoms. The van der Waals surface area contributed by atoms with Crippen LogP contribution >= 0.6 is 11.6 Å². The van der Waals surface area contributed by atoms with Crippen LogP contribution in [0, 0.1) is 12.7 Å². The van der Waals surface area contributed by atoms with E-state index in [1.165, 1.54) is 12.1 Å². The summed E-state index contributed by atoms with van der Waals surface area (Å²) in [6, 6.07) is 2.59. The molecule has 0 unspecified atom stereocenters. The van der Waals surface area contributed by atoms with Crippen LogP contribution in [-0.4, -0.2) is 6.29 Å². The smallest absolute Gasteiger partial charge is 0.150 e. The molecule has 0 aliphatic rings. The molecule has 58 valence electrons. The summed E-state index contributed by atoms with van der Waals surface area (Å²) in [4.78, 5) is 10.3. The van der Waals surface area contributed by atoms with E-state index in [9.17, 15) is 9.18 Å². The van der Waals surface area contributed by atoms with Crippen LogP contribution in [0.4, 0.5) is 4.39 Å². The Balaban J connectivity index is 3.36. The van der Waals surface area contributed by atoms with E-state index in [0.29, 0.717) is 17.4 Å². The molecule has 0 atom stereocenters. The molecule has 0 heterocycles. The zero-order valence-corrected chi connectivity index (χ0v) is 6.65. The molecule has 11 heavy (non-hydrogen) atoms. The molecule has 0 amide bonds. The Morgan fingerprint density at radius 3 is 2.73 bits per heavy atom. The van der Waals surface area contributed by atoms with E-state index in [-0.39, 0.29) is 5.02 Å². The van der Waals surface area contributed by atoms with Crippen LogP contribution in [0.25, 0.3) is 0 Å². The van der Waals surface area contributed by atoms with E-state index in [0.717, 1.165) is 0 Å². The number of hydrogen-bond acceptors (Lipinski definition) is 1. The fourth-order valence-electron chi connectivity index (χ4n) is 0.795. The number of carbonyl (C=O) groups is 1. The molecule has 0 fully saturated rings. The van der Waals surface area contributed by atoms with Gasteiger partial charge in [0.05, 0.1) is 5.02 Å². The van der Waals surface area contributed by atoms with Gasteiger partial charge >= 0.3 is 0 Å². The van der Waals surface area contributed by atoms with Gasteiger partial charge in [0.15, 0.2) is 0 Å². The van der Waals surface area contributed by atoms with Crippen LogP contribution in [0.15, 0.2) is 12.1 Å². The molecule has 0 N–H and O–H groups in total. The summed E-state index contributed by atoms with van der Waals surface area (Å²) >= 11 is 5.53. The van der Waals surface area contributed by atoms with Crippen LogP contribution in [0.3, 0.4) is 0 Å². The average molecular weight is 173 g/mol. The molecule has 0 saturated carbocycles. The van der Waals surface area contributed by atoms with Gasteiger partial charge in [0.2, 0.25) is 0 Å². The van der Waals surface area contributed by atoms with E-state index in [2.05, 4.69) is 0 Å². The first-order valence-electron chi connectivity index (χ1n) is 3.06. The second-order valence-electron chi connectivity index (χ2n) is 2.19. The Kier molecular flexibility index (Phi) is 2.25. The fourth-order valence-corrected chi connectivity index (χ4v) is 0.967. The van der Waals surface area contributed by atoms with Gasteiger partial charge in [-0.15, -0.1) is 0 Å². The van der Waals surface area contributed by atoms with Crippen LogP contribution in [-0.2, 0) is 0 Å². The normalized spacial score (nSPS) is 9.73. The van der Waals surface area contributed by atoms with E-state index >= 15 is 0 Å². The van der Waals surface area contributed by atoms with Gasteiger partial charge < -0.3 is 0 Å². The molecule has 1 aromatic carbocycles. The first kappa shape index (κ1) is 8.21. The van der Waals surface area contributed by atoms with E-state index in [1.807, 2.05) is 0 Å². The summed E-state index contributed by atoms with van der Waals surface area (Å²) in [5, 5.41) is 0.0228. The predicted molar refractivity (Wildman–Crippen MR) is 41.5 cm³/mol. The number of benzene rings is 1. The lowest BCUT2D eigenvalue weighted by Crippen LogP contribution is -1.89. The predicted octanol–water partition coefficient (Wildman–Crippen LogP) is 2.60. The fraction of sp³-hybridized carbons (Fsp3) is 0.125. The van der Waals surface area contributed by atoms with Crippen LogP contribution in [0.5, 0.6) is 0 Å². The van der Waals surface area contributed by atoms with Gasteiger partial charge in [0, 0.05) is 5.56 Å². The molecule has 0 radical (unpaired) electrons. The molecule has 0 aliphatic heterocycles. The number of aldehydes is 1. The van der Waals surface area contributed by atoms with Crippen molar-refractivity contribution in [2.75, 3.05) is 0 Å². The summed E-state index contributed by atoms with van der Waals surface area (Å²) in [5.41, 5.74) is 0.915. The first-order valence-corrected chi connectivity index (χ1v) is 3.44. The van der Waals surface area contributed by atoms with E-state index in [4.69, 9.17) is 11.6 Å². The van der Waals surface area contributed by atoms with Gasteiger partial charge in [-0.25, -0.2) is 4.39 Å². The first-order chi connectivity index (χ1) is 5.16. The minimum absolute atomic E-state index is 0.0228. The highest BCUT2D eigenvalue weighted by Gasteiger charge is 2.05. The van der Waals surface area contributed by atoms with E-state index in [1.54, 1.807) is 6.92 Å². The Labute approximate surface area is 68.8 Å². The zero-order valence-electron chi connectivity index (χ0n) is 5.90. The van der Waals surface area contributed by atoms with Gasteiger partial charge in [-0.3, -0.25) is 4.79 Å². The van der Waals surface area contributed by atoms with Crippen molar-refractivity contribution in [2.24, 2.45) is 0 Å². The largest absolute Gasteiger partial charge is 0.298 e. The lowest BCUT2D eigenvalue weighted by atomic mass is 10.1. The minimum Gasteiger partial charge on any atom is -0.298 e. The number of carbonyl (C=O) groups excluding carboxylic acids is 1. The molecule has 0 aliphatic carbocycles. The molecule has 3 heteroatoms. The molecular formula is C8H6ClFO. The Morgan fingerprint density at radius 1 is 1.55 bits per heavy atom. The van der Waals surface area contributed by atoms with Gasteiger partial charge in [0.25, 0.3) is 0 Å². The highest BCUT2D eigenvalue weighted by molar-refractivity contribution is 6.31. The van der Waals surface area contributed by atoms with Crippen molar-refractivity contribution in [2.45, 2.75) is 6.92 Å². The standard InChI is InChI=1S/C8H6ClFO/c1-5-6(4-11)2-3-7(10)8(5)9/h2-4H,1H3. The molecule has 0 aromatic heterocycles. The van der Waals surface area contributed by atoms with Gasteiger partial charge in [-0.05, 0) is 24.6 Å². The number of hydrogen-bond donors (Lipinski definition) is 0. The summed E-state index contributed by atoms with van der Waals surface area (Å²) in [5.74, 6) is -0.491. The Bertz CT molecular complexity index is 296. The van der Waals surface area contributed by atoms with Crippen LogP contribution in [0.2, 0.25) is 5.02 Å². The Morgan fingerprint density at radius 2 is 2.18 bits per heavy atom. The average Bonchev–Trinajstić information content (AvgIpc) is 2.01. The van der Waals surface area contributed by atoms with Crippen molar-refractivity contribution in [3.05, 3.63) is 34.1 Å². The highest BCUT2D eigenvalue weighted by Crippen LogP contribution is 2.21. The summed E-state index contributed by atoms with van der Waals surface area (Å²) in [6.07, 6.45) is 0.653. The summed E-state index contributed by atoms with van der Waals surface area (Å²) in [7, 11) is 0. The van der Waals surface area contributed by atoms with Crippen LogP contribution in [0.1, 0.15) is 15.9 Å². The van der Waals surface area contributed by atoms with Crippen molar-refractivity contribution < 1.29 is 9.18 Å². The topological polar surface area (TPSA) is 17.1 Å². The third-order valence-corrected chi connectivity index (χ3v) is 1.97. The van der Waals surface area contributed by atoms with Crippen molar-refractivity contribution in [1.29, 1.82) is 0 Å². The van der Waals surface area contributed by atoms with E-state index < -0.39 is 5.82 Å². The molecule has 1 nitrogen and oxygen atoms in total. The van der Waals surface area contributed by atoms with Gasteiger partial charge in [-0.2, -0.15) is 0 Å². The molecule has 1 aromatic rings. The zero-order chi connectivity index (χ0) is 8.43. The van der Waals surface area contributed by atoms with Crippen molar-refractivity contribution in [3.8, 4) is 0 Å². The summed E-state index contributed by atoms with van der Waals surface area (Å²) < 4.78 is 12.6. The maximum atomic E-state index is 12.6. The number of halogens is 2. The highest BCUT2D eigenvalue weighted by atomic mass is 35.5. The molecular weight excluding hydrogens is 167 g/mol. The maximum Gasteiger partial charge on any atom is 0.150 e. The second-order valence-corrected chi connectivity index (χ2v) is 2.57. The SMILES string of the molecule is Cc1c(C=O)ccc(F)c1Cl. The third kappa shape index (κ3) is 1.40. The summed E-state index contributed by atoms with van der Waals surface area (Å²) in [6.45, 7) is 1.61. The number of rotatable bonds is 1.